The van der Waals surface area contributed by atoms with Crippen LogP contribution in [0.1, 0.15) is 68.7 Å². The maximum Gasteiger partial charge on any atom is 0.0345 e. The average molecular weight is 315 g/mol. The second-order valence-electron chi connectivity index (χ2n) is 6.36. The first kappa shape index (κ1) is 17.3. The third-order valence-corrected chi connectivity index (χ3v) is 5.47. The first-order valence-electron chi connectivity index (χ1n) is 8.95. The van der Waals surface area contributed by atoms with E-state index in [1.807, 2.05) is 11.3 Å². The lowest BCUT2D eigenvalue weighted by Crippen LogP contribution is -1.83. The Morgan fingerprint density at radius 2 is 1.36 bits per heavy atom. The Bertz CT molecular complexity index is 521. The number of hydrogen-bond donors (Lipinski definition) is 0. The standard InChI is InChI=1S/C21H30S/c1-3-4-5-6-7-8-9-10-11-20-16-17-21(22-20)19-14-12-18(2)13-15-19/h12-17H,3-11H2,1-2H3. The second kappa shape index (κ2) is 9.84. The Morgan fingerprint density at radius 3 is 2.05 bits per heavy atom. The number of aryl methyl sites for hydroxylation is 2. The molecule has 0 radical (unpaired) electrons. The van der Waals surface area contributed by atoms with Crippen molar-refractivity contribution in [2.24, 2.45) is 0 Å². The van der Waals surface area contributed by atoms with Crippen molar-refractivity contribution in [1.29, 1.82) is 0 Å². The Morgan fingerprint density at radius 1 is 0.727 bits per heavy atom. The van der Waals surface area contributed by atoms with E-state index in [-0.39, 0.29) is 0 Å². The molecule has 0 spiro atoms. The van der Waals surface area contributed by atoms with E-state index in [0.29, 0.717) is 0 Å². The van der Waals surface area contributed by atoms with Gasteiger partial charge < -0.3 is 0 Å². The van der Waals surface area contributed by atoms with Gasteiger partial charge in [0.2, 0.25) is 0 Å². The summed E-state index contributed by atoms with van der Waals surface area (Å²) in [5, 5.41) is 0. The van der Waals surface area contributed by atoms with Gasteiger partial charge in [0.25, 0.3) is 0 Å². The Kier molecular flexibility index (Phi) is 7.73. The fourth-order valence-electron chi connectivity index (χ4n) is 2.82. The van der Waals surface area contributed by atoms with Crippen LogP contribution in [0.4, 0.5) is 0 Å². The molecule has 1 aromatic carbocycles. The summed E-state index contributed by atoms with van der Waals surface area (Å²) in [7, 11) is 0. The lowest BCUT2D eigenvalue weighted by atomic mass is 10.1. The number of rotatable bonds is 10. The molecular formula is C21H30S. The Labute approximate surface area is 140 Å². The van der Waals surface area contributed by atoms with Crippen molar-refractivity contribution in [3.63, 3.8) is 0 Å². The van der Waals surface area contributed by atoms with Gasteiger partial charge >= 0.3 is 0 Å². The van der Waals surface area contributed by atoms with Crippen LogP contribution in [0.25, 0.3) is 10.4 Å². The molecule has 1 heterocycles. The minimum atomic E-state index is 1.26. The highest BCUT2D eigenvalue weighted by Gasteiger charge is 2.03. The van der Waals surface area contributed by atoms with Gasteiger partial charge in [-0.05, 0) is 37.5 Å². The number of unbranched alkanes of at least 4 members (excludes halogenated alkanes) is 7. The molecule has 0 aliphatic heterocycles. The monoisotopic (exact) mass is 314 g/mol. The zero-order valence-corrected chi connectivity index (χ0v) is 15.1. The first-order chi connectivity index (χ1) is 10.8. The van der Waals surface area contributed by atoms with Gasteiger partial charge in [-0.15, -0.1) is 11.3 Å². The maximum atomic E-state index is 2.32. The molecule has 0 N–H and O–H groups in total. The third-order valence-electron chi connectivity index (χ3n) is 4.27. The van der Waals surface area contributed by atoms with Crippen LogP contribution >= 0.6 is 11.3 Å². The minimum absolute atomic E-state index is 1.26. The normalized spacial score (nSPS) is 11.0. The highest BCUT2D eigenvalue weighted by molar-refractivity contribution is 7.15. The molecule has 2 rings (SSSR count). The summed E-state index contributed by atoms with van der Waals surface area (Å²) in [6.45, 7) is 4.43. The van der Waals surface area contributed by atoms with Crippen molar-refractivity contribution < 1.29 is 0 Å². The van der Waals surface area contributed by atoms with Crippen molar-refractivity contribution in [3.8, 4) is 10.4 Å². The van der Waals surface area contributed by atoms with Crippen LogP contribution in [-0.4, -0.2) is 0 Å². The van der Waals surface area contributed by atoms with Crippen molar-refractivity contribution in [3.05, 3.63) is 46.8 Å². The molecule has 0 unspecified atom stereocenters. The summed E-state index contributed by atoms with van der Waals surface area (Å²) in [6, 6.07) is 13.5. The number of thiophene rings is 1. The number of hydrogen-bond acceptors (Lipinski definition) is 1. The predicted molar refractivity (Wildman–Crippen MR) is 101 cm³/mol. The fraction of sp³-hybridized carbons (Fsp3) is 0.524. The van der Waals surface area contributed by atoms with Crippen molar-refractivity contribution in [2.75, 3.05) is 0 Å². The molecule has 0 atom stereocenters. The molecule has 1 heteroatoms. The lowest BCUT2D eigenvalue weighted by molar-refractivity contribution is 0.576. The van der Waals surface area contributed by atoms with Crippen LogP contribution in [-0.2, 0) is 6.42 Å². The predicted octanol–water partition coefficient (Wildman–Crippen LogP) is 7.41. The van der Waals surface area contributed by atoms with Gasteiger partial charge in [0.05, 0.1) is 0 Å². The summed E-state index contributed by atoms with van der Waals surface area (Å²) in [5.41, 5.74) is 2.69. The van der Waals surface area contributed by atoms with Gasteiger partial charge in [0.1, 0.15) is 0 Å². The van der Waals surface area contributed by atoms with Gasteiger partial charge in [-0.2, -0.15) is 0 Å². The highest BCUT2D eigenvalue weighted by atomic mass is 32.1. The van der Waals surface area contributed by atoms with E-state index < -0.39 is 0 Å². The summed E-state index contributed by atoms with van der Waals surface area (Å²) in [5.74, 6) is 0. The molecular weight excluding hydrogens is 284 g/mol. The van der Waals surface area contributed by atoms with Gasteiger partial charge in [-0.1, -0.05) is 81.7 Å². The van der Waals surface area contributed by atoms with E-state index >= 15 is 0 Å². The summed E-state index contributed by atoms with van der Waals surface area (Å²) >= 11 is 1.97. The molecule has 0 amide bonds. The fourth-order valence-corrected chi connectivity index (χ4v) is 3.87. The SMILES string of the molecule is CCCCCCCCCCc1ccc(-c2ccc(C)cc2)s1. The summed E-state index contributed by atoms with van der Waals surface area (Å²) < 4.78 is 0. The van der Waals surface area contributed by atoms with Gasteiger partial charge in [-0.3, -0.25) is 0 Å². The van der Waals surface area contributed by atoms with E-state index in [1.165, 1.54) is 73.8 Å². The van der Waals surface area contributed by atoms with E-state index in [9.17, 15) is 0 Å². The molecule has 0 fully saturated rings. The molecule has 0 aliphatic rings. The van der Waals surface area contributed by atoms with Crippen LogP contribution < -0.4 is 0 Å². The first-order valence-corrected chi connectivity index (χ1v) is 9.77. The molecule has 22 heavy (non-hydrogen) atoms. The zero-order chi connectivity index (χ0) is 15.6. The molecule has 0 bridgehead atoms. The topological polar surface area (TPSA) is 0 Å². The van der Waals surface area contributed by atoms with E-state index in [2.05, 4.69) is 50.2 Å². The lowest BCUT2D eigenvalue weighted by Gasteiger charge is -2.01. The molecule has 120 valence electrons. The van der Waals surface area contributed by atoms with Crippen LogP contribution in [0.15, 0.2) is 36.4 Å². The smallest absolute Gasteiger partial charge is 0.0345 e. The molecule has 0 nitrogen and oxygen atoms in total. The third kappa shape index (κ3) is 5.96. The number of benzene rings is 1. The van der Waals surface area contributed by atoms with Gasteiger partial charge in [0, 0.05) is 9.75 Å². The molecule has 2 aromatic rings. The van der Waals surface area contributed by atoms with Crippen molar-refractivity contribution in [2.45, 2.75) is 71.6 Å². The quantitative estimate of drug-likeness (QED) is 0.400. The largest absolute Gasteiger partial charge is 0.140 e. The average Bonchev–Trinajstić information content (AvgIpc) is 2.99. The second-order valence-corrected chi connectivity index (χ2v) is 7.53. The maximum absolute atomic E-state index is 2.32. The zero-order valence-electron chi connectivity index (χ0n) is 14.2. The molecule has 1 aromatic heterocycles. The van der Waals surface area contributed by atoms with E-state index in [1.54, 1.807) is 4.88 Å². The Balaban J connectivity index is 1.66. The van der Waals surface area contributed by atoms with Crippen molar-refractivity contribution >= 4 is 11.3 Å². The van der Waals surface area contributed by atoms with E-state index in [0.717, 1.165) is 0 Å². The van der Waals surface area contributed by atoms with Crippen LogP contribution in [0.2, 0.25) is 0 Å². The van der Waals surface area contributed by atoms with Gasteiger partial charge in [0.15, 0.2) is 0 Å². The van der Waals surface area contributed by atoms with E-state index in [4.69, 9.17) is 0 Å². The van der Waals surface area contributed by atoms with Crippen LogP contribution in [0, 0.1) is 6.92 Å². The molecule has 0 saturated carbocycles. The minimum Gasteiger partial charge on any atom is -0.140 e. The Hall–Kier alpha value is -1.08. The molecule has 0 saturated heterocycles. The van der Waals surface area contributed by atoms with Gasteiger partial charge in [-0.25, -0.2) is 0 Å². The molecule has 0 aliphatic carbocycles. The van der Waals surface area contributed by atoms with Crippen LogP contribution in [0.3, 0.4) is 0 Å². The van der Waals surface area contributed by atoms with Crippen LogP contribution in [0.5, 0.6) is 0 Å². The highest BCUT2D eigenvalue weighted by Crippen LogP contribution is 2.29. The van der Waals surface area contributed by atoms with Crippen molar-refractivity contribution in [1.82, 2.24) is 0 Å². The summed E-state index contributed by atoms with van der Waals surface area (Å²) in [4.78, 5) is 2.95. The summed E-state index contributed by atoms with van der Waals surface area (Å²) in [6.07, 6.45) is 12.5.